The number of likely N-dealkylation sites (tertiary alicyclic amines) is 1. The minimum Gasteiger partial charge on any atom is -0.298 e. The highest BCUT2D eigenvalue weighted by molar-refractivity contribution is 5.81. The van der Waals surface area contributed by atoms with Crippen molar-refractivity contribution < 1.29 is 4.79 Å². The van der Waals surface area contributed by atoms with Gasteiger partial charge in [0.1, 0.15) is 5.78 Å². The molecule has 1 aliphatic rings. The fraction of sp³-hybridized carbons (Fsp3) is 0.909. The maximum absolute atomic E-state index is 11.3. The number of carbonyl (C=O) groups excluding carboxylic acids is 1. The summed E-state index contributed by atoms with van der Waals surface area (Å²) in [5.41, 5.74) is 0.212. The number of hydrogen-bond acceptors (Lipinski definition) is 2. The Labute approximate surface area is 81.3 Å². The fourth-order valence-corrected chi connectivity index (χ4v) is 2.04. The van der Waals surface area contributed by atoms with Gasteiger partial charge < -0.3 is 0 Å². The number of carbonyl (C=O) groups is 1. The van der Waals surface area contributed by atoms with Crippen LogP contribution in [0.2, 0.25) is 0 Å². The molecule has 0 amide bonds. The van der Waals surface area contributed by atoms with Crippen molar-refractivity contribution >= 4 is 5.78 Å². The van der Waals surface area contributed by atoms with E-state index in [4.69, 9.17) is 0 Å². The summed E-state index contributed by atoms with van der Waals surface area (Å²) in [7, 11) is 0. The second-order valence-corrected chi connectivity index (χ2v) is 4.74. The molecule has 0 aliphatic carbocycles. The number of Topliss-reactive ketones (excluding diaryl/α,β-unsaturated/α-hetero) is 1. The van der Waals surface area contributed by atoms with Gasteiger partial charge in [-0.1, -0.05) is 6.92 Å². The summed E-state index contributed by atoms with van der Waals surface area (Å²) in [5.74, 6) is 0.402. The van der Waals surface area contributed by atoms with Crippen molar-refractivity contribution in [2.24, 2.45) is 0 Å². The predicted molar refractivity (Wildman–Crippen MR) is 54.8 cm³/mol. The van der Waals surface area contributed by atoms with Crippen molar-refractivity contribution in [2.75, 3.05) is 6.54 Å². The second kappa shape index (κ2) is 3.79. The standard InChI is InChI=1S/C11H21NO/c1-5-9(2)12-8-10(13)6-7-11(12,3)4/h9H,5-8H2,1-4H3. The predicted octanol–water partition coefficient (Wildman–Crippen LogP) is 2.23. The van der Waals surface area contributed by atoms with Gasteiger partial charge in [-0.05, 0) is 33.6 Å². The monoisotopic (exact) mass is 183 g/mol. The Hall–Kier alpha value is -0.370. The molecule has 1 unspecified atom stereocenters. The van der Waals surface area contributed by atoms with Crippen LogP contribution in [0.4, 0.5) is 0 Å². The van der Waals surface area contributed by atoms with E-state index < -0.39 is 0 Å². The number of hydrogen-bond donors (Lipinski definition) is 0. The minimum atomic E-state index is 0.212. The molecule has 1 atom stereocenters. The van der Waals surface area contributed by atoms with Crippen LogP contribution in [0.25, 0.3) is 0 Å². The molecule has 1 heterocycles. The Morgan fingerprint density at radius 3 is 2.69 bits per heavy atom. The third kappa shape index (κ3) is 2.31. The molecule has 1 saturated heterocycles. The Morgan fingerprint density at radius 2 is 2.15 bits per heavy atom. The Kier molecular flexibility index (Phi) is 3.12. The van der Waals surface area contributed by atoms with Crippen molar-refractivity contribution in [2.45, 2.75) is 58.5 Å². The molecule has 0 aromatic rings. The molecule has 0 N–H and O–H groups in total. The van der Waals surface area contributed by atoms with E-state index in [-0.39, 0.29) is 5.54 Å². The summed E-state index contributed by atoms with van der Waals surface area (Å²) in [5, 5.41) is 0. The van der Waals surface area contributed by atoms with Crippen LogP contribution in [-0.2, 0) is 4.79 Å². The molecule has 0 radical (unpaired) electrons. The first kappa shape index (κ1) is 10.7. The van der Waals surface area contributed by atoms with E-state index in [1.807, 2.05) is 0 Å². The lowest BCUT2D eigenvalue weighted by molar-refractivity contribution is -0.127. The number of rotatable bonds is 2. The van der Waals surface area contributed by atoms with E-state index in [0.717, 1.165) is 19.3 Å². The van der Waals surface area contributed by atoms with E-state index >= 15 is 0 Å². The van der Waals surface area contributed by atoms with Gasteiger partial charge in [-0.15, -0.1) is 0 Å². The average Bonchev–Trinajstić information content (AvgIpc) is 2.08. The SMILES string of the molecule is CCC(C)N1CC(=O)CCC1(C)C. The summed E-state index contributed by atoms with van der Waals surface area (Å²) in [4.78, 5) is 13.7. The van der Waals surface area contributed by atoms with Gasteiger partial charge in [0.25, 0.3) is 0 Å². The van der Waals surface area contributed by atoms with E-state index in [1.54, 1.807) is 0 Å². The second-order valence-electron chi connectivity index (χ2n) is 4.74. The first-order valence-corrected chi connectivity index (χ1v) is 5.26. The maximum atomic E-state index is 11.3. The molecule has 2 heteroatoms. The van der Waals surface area contributed by atoms with Crippen LogP contribution in [-0.4, -0.2) is 28.8 Å². The lowest BCUT2D eigenvalue weighted by Gasteiger charge is -2.45. The molecule has 0 saturated carbocycles. The molecule has 0 aromatic heterocycles. The van der Waals surface area contributed by atoms with Crippen molar-refractivity contribution in [1.82, 2.24) is 4.90 Å². The summed E-state index contributed by atoms with van der Waals surface area (Å²) in [6.07, 6.45) is 2.90. The quantitative estimate of drug-likeness (QED) is 0.654. The zero-order valence-electron chi connectivity index (χ0n) is 9.26. The van der Waals surface area contributed by atoms with Crippen molar-refractivity contribution in [3.05, 3.63) is 0 Å². The zero-order valence-corrected chi connectivity index (χ0v) is 9.26. The first-order chi connectivity index (χ1) is 5.97. The number of nitrogens with zero attached hydrogens (tertiary/aromatic N) is 1. The van der Waals surface area contributed by atoms with Crippen molar-refractivity contribution in [1.29, 1.82) is 0 Å². The lowest BCUT2D eigenvalue weighted by atomic mass is 9.88. The molecule has 0 spiro atoms. The van der Waals surface area contributed by atoms with Crippen LogP contribution in [0.3, 0.4) is 0 Å². The molecule has 2 nitrogen and oxygen atoms in total. The summed E-state index contributed by atoms with van der Waals surface area (Å²) >= 11 is 0. The lowest BCUT2D eigenvalue weighted by Crippen LogP contribution is -2.54. The van der Waals surface area contributed by atoms with E-state index in [9.17, 15) is 4.79 Å². The molecular formula is C11H21NO. The summed E-state index contributed by atoms with van der Waals surface area (Å²) < 4.78 is 0. The van der Waals surface area contributed by atoms with Crippen molar-refractivity contribution in [3.63, 3.8) is 0 Å². The van der Waals surface area contributed by atoms with E-state index in [0.29, 0.717) is 18.4 Å². The van der Waals surface area contributed by atoms with Crippen molar-refractivity contribution in [3.8, 4) is 0 Å². The number of piperidine rings is 1. The van der Waals surface area contributed by atoms with Crippen LogP contribution in [0, 0.1) is 0 Å². The van der Waals surface area contributed by atoms with Crippen LogP contribution >= 0.6 is 0 Å². The van der Waals surface area contributed by atoms with Crippen LogP contribution in [0.5, 0.6) is 0 Å². The molecule has 0 bridgehead atoms. The fourth-order valence-electron chi connectivity index (χ4n) is 2.04. The van der Waals surface area contributed by atoms with E-state index in [1.165, 1.54) is 0 Å². The smallest absolute Gasteiger partial charge is 0.146 e. The topological polar surface area (TPSA) is 20.3 Å². The summed E-state index contributed by atoms with van der Waals surface area (Å²) in [6, 6.07) is 0.527. The van der Waals surface area contributed by atoms with Gasteiger partial charge in [0.2, 0.25) is 0 Å². The Morgan fingerprint density at radius 1 is 1.54 bits per heavy atom. The van der Waals surface area contributed by atoms with Gasteiger partial charge in [0.15, 0.2) is 0 Å². The third-order valence-electron chi connectivity index (χ3n) is 3.26. The first-order valence-electron chi connectivity index (χ1n) is 5.26. The van der Waals surface area contributed by atoms with E-state index in [2.05, 4.69) is 32.6 Å². The maximum Gasteiger partial charge on any atom is 0.146 e. The minimum absolute atomic E-state index is 0.212. The van der Waals surface area contributed by atoms with Crippen LogP contribution in [0.15, 0.2) is 0 Å². The Balaban J connectivity index is 2.71. The van der Waals surface area contributed by atoms with Gasteiger partial charge >= 0.3 is 0 Å². The molecule has 13 heavy (non-hydrogen) atoms. The molecular weight excluding hydrogens is 162 g/mol. The zero-order chi connectivity index (χ0) is 10.1. The largest absolute Gasteiger partial charge is 0.298 e. The highest BCUT2D eigenvalue weighted by Gasteiger charge is 2.35. The van der Waals surface area contributed by atoms with Gasteiger partial charge in [-0.3, -0.25) is 9.69 Å². The van der Waals surface area contributed by atoms with Gasteiger partial charge in [-0.25, -0.2) is 0 Å². The highest BCUT2D eigenvalue weighted by atomic mass is 16.1. The highest BCUT2D eigenvalue weighted by Crippen LogP contribution is 2.28. The molecule has 76 valence electrons. The number of ketones is 1. The molecule has 1 aliphatic heterocycles. The van der Waals surface area contributed by atoms with Gasteiger partial charge in [-0.2, -0.15) is 0 Å². The van der Waals surface area contributed by atoms with Crippen LogP contribution < -0.4 is 0 Å². The van der Waals surface area contributed by atoms with Gasteiger partial charge in [0, 0.05) is 18.0 Å². The average molecular weight is 183 g/mol. The molecule has 1 fully saturated rings. The summed E-state index contributed by atoms with van der Waals surface area (Å²) in [6.45, 7) is 9.53. The molecule has 0 aromatic carbocycles. The van der Waals surface area contributed by atoms with Gasteiger partial charge in [0.05, 0.1) is 6.54 Å². The van der Waals surface area contributed by atoms with Crippen LogP contribution in [0.1, 0.15) is 47.0 Å². The Bertz CT molecular complexity index is 198. The third-order valence-corrected chi connectivity index (χ3v) is 3.26. The normalized spacial score (nSPS) is 26.0. The molecule has 1 rings (SSSR count).